The first-order chi connectivity index (χ1) is 9.24. The SMILES string of the molecule is CCn1c(=O)c2c(n(CC(F)(F)F)c1=O)N=C(Cl)CC2. The molecule has 0 atom stereocenters. The van der Waals surface area contributed by atoms with E-state index in [0.717, 1.165) is 4.57 Å². The van der Waals surface area contributed by atoms with E-state index in [2.05, 4.69) is 4.99 Å². The zero-order valence-corrected chi connectivity index (χ0v) is 11.3. The minimum atomic E-state index is -4.59. The van der Waals surface area contributed by atoms with Gasteiger partial charge in [-0.3, -0.25) is 13.9 Å². The Bertz CT molecular complexity index is 688. The van der Waals surface area contributed by atoms with Gasteiger partial charge in [0.1, 0.15) is 17.5 Å². The van der Waals surface area contributed by atoms with Crippen LogP contribution in [0.3, 0.4) is 0 Å². The Morgan fingerprint density at radius 3 is 2.45 bits per heavy atom. The molecular weight excluding hydrogens is 299 g/mol. The third-order valence-electron chi connectivity index (χ3n) is 2.95. The van der Waals surface area contributed by atoms with E-state index in [0.29, 0.717) is 4.57 Å². The molecule has 0 spiro atoms. The minimum Gasteiger partial charge on any atom is -0.269 e. The lowest BCUT2D eigenvalue weighted by Crippen LogP contribution is -2.43. The monoisotopic (exact) mass is 309 g/mol. The number of hydrogen-bond acceptors (Lipinski definition) is 3. The van der Waals surface area contributed by atoms with E-state index >= 15 is 0 Å². The fourth-order valence-electron chi connectivity index (χ4n) is 2.09. The van der Waals surface area contributed by atoms with Crippen LogP contribution in [0.4, 0.5) is 19.0 Å². The number of rotatable bonds is 2. The second kappa shape index (κ2) is 5.08. The highest BCUT2D eigenvalue weighted by Crippen LogP contribution is 2.26. The summed E-state index contributed by atoms with van der Waals surface area (Å²) in [6.07, 6.45) is -4.14. The molecule has 0 unspecified atom stereocenters. The molecule has 1 aliphatic rings. The van der Waals surface area contributed by atoms with E-state index in [1.54, 1.807) is 0 Å². The molecule has 0 saturated carbocycles. The van der Waals surface area contributed by atoms with Crippen molar-refractivity contribution in [3.8, 4) is 0 Å². The molecule has 0 aromatic carbocycles. The molecule has 0 aliphatic carbocycles. The predicted molar refractivity (Wildman–Crippen MR) is 68.0 cm³/mol. The second-order valence-corrected chi connectivity index (χ2v) is 4.76. The summed E-state index contributed by atoms with van der Waals surface area (Å²) in [4.78, 5) is 27.8. The molecule has 1 aliphatic heterocycles. The lowest BCUT2D eigenvalue weighted by Gasteiger charge is -2.19. The van der Waals surface area contributed by atoms with E-state index in [1.165, 1.54) is 6.92 Å². The van der Waals surface area contributed by atoms with Gasteiger partial charge < -0.3 is 0 Å². The van der Waals surface area contributed by atoms with Gasteiger partial charge >= 0.3 is 11.9 Å². The van der Waals surface area contributed by atoms with Crippen molar-refractivity contribution in [2.24, 2.45) is 4.99 Å². The molecule has 9 heteroatoms. The summed E-state index contributed by atoms with van der Waals surface area (Å²) in [7, 11) is 0. The average Bonchev–Trinajstić information content (AvgIpc) is 2.34. The van der Waals surface area contributed by atoms with Gasteiger partial charge in [-0.2, -0.15) is 13.2 Å². The first-order valence-corrected chi connectivity index (χ1v) is 6.28. The van der Waals surface area contributed by atoms with Crippen LogP contribution >= 0.6 is 11.6 Å². The zero-order chi connectivity index (χ0) is 15.1. The van der Waals surface area contributed by atoms with Crippen molar-refractivity contribution in [2.45, 2.75) is 39.0 Å². The average molecular weight is 310 g/mol. The largest absolute Gasteiger partial charge is 0.406 e. The topological polar surface area (TPSA) is 56.4 Å². The van der Waals surface area contributed by atoms with Gasteiger partial charge in [0.15, 0.2) is 0 Å². The normalized spacial score (nSPS) is 14.9. The Labute approximate surface area is 116 Å². The lowest BCUT2D eigenvalue weighted by molar-refractivity contribution is -0.141. The van der Waals surface area contributed by atoms with E-state index in [9.17, 15) is 22.8 Å². The summed E-state index contributed by atoms with van der Waals surface area (Å²) in [6.45, 7) is 0.0224. The molecule has 20 heavy (non-hydrogen) atoms. The van der Waals surface area contributed by atoms with Crippen LogP contribution in [0.15, 0.2) is 14.6 Å². The molecule has 0 fully saturated rings. The summed E-state index contributed by atoms with van der Waals surface area (Å²) < 4.78 is 39.0. The number of fused-ring (bicyclic) bond motifs is 1. The van der Waals surface area contributed by atoms with Crippen LogP contribution in [0, 0.1) is 0 Å². The maximum Gasteiger partial charge on any atom is 0.406 e. The molecule has 0 radical (unpaired) electrons. The van der Waals surface area contributed by atoms with Gasteiger partial charge in [-0.05, 0) is 13.3 Å². The highest BCUT2D eigenvalue weighted by molar-refractivity contribution is 6.65. The van der Waals surface area contributed by atoms with Gasteiger partial charge in [-0.1, -0.05) is 11.6 Å². The second-order valence-electron chi connectivity index (χ2n) is 4.32. The van der Waals surface area contributed by atoms with Crippen LogP contribution in [0.5, 0.6) is 0 Å². The van der Waals surface area contributed by atoms with Crippen LogP contribution in [0.2, 0.25) is 0 Å². The number of aromatic nitrogens is 2. The van der Waals surface area contributed by atoms with Gasteiger partial charge in [0.2, 0.25) is 0 Å². The quantitative estimate of drug-likeness (QED) is 0.836. The molecule has 0 saturated heterocycles. The summed E-state index contributed by atoms with van der Waals surface area (Å²) in [5.74, 6) is -0.279. The third kappa shape index (κ3) is 2.65. The summed E-state index contributed by atoms with van der Waals surface area (Å²) in [6, 6.07) is 0. The molecule has 110 valence electrons. The fraction of sp³-hybridized carbons (Fsp3) is 0.545. The molecule has 1 aromatic rings. The first-order valence-electron chi connectivity index (χ1n) is 5.91. The lowest BCUT2D eigenvalue weighted by atomic mass is 10.1. The van der Waals surface area contributed by atoms with E-state index in [1.807, 2.05) is 0 Å². The van der Waals surface area contributed by atoms with E-state index in [-0.39, 0.29) is 35.9 Å². The van der Waals surface area contributed by atoms with Crippen molar-refractivity contribution < 1.29 is 13.2 Å². The van der Waals surface area contributed by atoms with Gasteiger partial charge in [0.25, 0.3) is 5.56 Å². The number of hydrogen-bond donors (Lipinski definition) is 0. The van der Waals surface area contributed by atoms with Crippen LogP contribution < -0.4 is 11.2 Å². The van der Waals surface area contributed by atoms with Crippen LogP contribution in [-0.4, -0.2) is 20.5 Å². The standard InChI is InChI=1S/C11H11ClF3N3O2/c1-2-17-9(19)6-3-4-7(12)16-8(6)18(10(17)20)5-11(13,14)15/h2-5H2,1H3. The molecular formula is C11H11ClF3N3O2. The highest BCUT2D eigenvalue weighted by Gasteiger charge is 2.32. The maximum atomic E-state index is 12.6. The molecule has 1 aromatic heterocycles. The van der Waals surface area contributed by atoms with Crippen molar-refractivity contribution in [3.63, 3.8) is 0 Å². The molecule has 0 bridgehead atoms. The summed E-state index contributed by atoms with van der Waals surface area (Å²) in [5.41, 5.74) is -1.53. The molecule has 2 heterocycles. The third-order valence-corrected chi connectivity index (χ3v) is 3.23. The van der Waals surface area contributed by atoms with Gasteiger partial charge in [0, 0.05) is 13.0 Å². The molecule has 5 nitrogen and oxygen atoms in total. The predicted octanol–water partition coefficient (Wildman–Crippen LogP) is 1.81. The van der Waals surface area contributed by atoms with E-state index < -0.39 is 24.0 Å². The Morgan fingerprint density at radius 1 is 1.25 bits per heavy atom. The molecule has 0 N–H and O–H groups in total. The molecule has 2 rings (SSSR count). The molecule has 0 amide bonds. The van der Waals surface area contributed by atoms with Crippen LogP contribution in [0.1, 0.15) is 18.9 Å². The van der Waals surface area contributed by atoms with Crippen molar-refractivity contribution in [1.82, 2.24) is 9.13 Å². The minimum absolute atomic E-state index is 0.000248. The van der Waals surface area contributed by atoms with Gasteiger partial charge in [-0.25, -0.2) is 9.79 Å². The summed E-state index contributed by atoms with van der Waals surface area (Å²) in [5, 5.41) is 0.0847. The number of alkyl halides is 3. The smallest absolute Gasteiger partial charge is 0.269 e. The number of aliphatic imine (C=N–C) groups is 1. The maximum absolute atomic E-state index is 12.6. The van der Waals surface area contributed by atoms with Gasteiger partial charge in [0.05, 0.1) is 5.56 Å². The Hall–Kier alpha value is -1.57. The number of nitrogens with zero attached hydrogens (tertiary/aromatic N) is 3. The Morgan fingerprint density at radius 2 is 1.90 bits per heavy atom. The Balaban J connectivity index is 2.79. The van der Waals surface area contributed by atoms with Crippen molar-refractivity contribution in [3.05, 3.63) is 26.4 Å². The first kappa shape index (κ1) is 14.8. The summed E-state index contributed by atoms with van der Waals surface area (Å²) >= 11 is 5.71. The highest BCUT2D eigenvalue weighted by atomic mass is 35.5. The van der Waals surface area contributed by atoms with E-state index in [4.69, 9.17) is 11.6 Å². The fourth-order valence-corrected chi connectivity index (χ4v) is 2.27. The van der Waals surface area contributed by atoms with Gasteiger partial charge in [-0.15, -0.1) is 0 Å². The Kier molecular flexibility index (Phi) is 3.77. The van der Waals surface area contributed by atoms with Crippen LogP contribution in [0.25, 0.3) is 0 Å². The van der Waals surface area contributed by atoms with Crippen molar-refractivity contribution >= 4 is 22.6 Å². The van der Waals surface area contributed by atoms with Crippen molar-refractivity contribution in [1.29, 1.82) is 0 Å². The zero-order valence-electron chi connectivity index (χ0n) is 10.5. The number of halogens is 4. The van der Waals surface area contributed by atoms with Crippen molar-refractivity contribution in [2.75, 3.05) is 0 Å². The van der Waals surface area contributed by atoms with Crippen LogP contribution in [-0.2, 0) is 19.5 Å².